The van der Waals surface area contributed by atoms with Crippen LogP contribution in [0.25, 0.3) is 0 Å². The van der Waals surface area contributed by atoms with Gasteiger partial charge in [-0.25, -0.2) is 5.48 Å². The molecule has 1 amide bonds. The monoisotopic (exact) mass is 190 g/mol. The maximum Gasteiger partial charge on any atom is 0.245 e. The standard InChI is InChI=1S/C8H18N2O3/c1-8(2,12-3)4-5-10-13-6-7(9)11/h10H,4-6H2,1-3H3,(H2,9,11). The third-order valence-corrected chi connectivity index (χ3v) is 1.70. The SMILES string of the molecule is COC(C)(C)CCNOCC(N)=O. The van der Waals surface area contributed by atoms with Crippen molar-refractivity contribution in [1.82, 2.24) is 5.48 Å². The Morgan fingerprint density at radius 1 is 1.54 bits per heavy atom. The first kappa shape index (κ1) is 12.3. The molecule has 0 radical (unpaired) electrons. The van der Waals surface area contributed by atoms with Crippen LogP contribution in [-0.2, 0) is 14.4 Å². The van der Waals surface area contributed by atoms with Crippen LogP contribution >= 0.6 is 0 Å². The van der Waals surface area contributed by atoms with Gasteiger partial charge in [0.1, 0.15) is 6.61 Å². The van der Waals surface area contributed by atoms with E-state index in [4.69, 9.17) is 15.3 Å². The summed E-state index contributed by atoms with van der Waals surface area (Å²) in [4.78, 5) is 15.0. The number of hydrogen-bond donors (Lipinski definition) is 2. The van der Waals surface area contributed by atoms with E-state index in [1.807, 2.05) is 13.8 Å². The summed E-state index contributed by atoms with van der Waals surface area (Å²) in [5.41, 5.74) is 7.31. The molecular weight excluding hydrogens is 172 g/mol. The van der Waals surface area contributed by atoms with Gasteiger partial charge in [-0.05, 0) is 20.3 Å². The number of rotatable bonds is 7. The van der Waals surface area contributed by atoms with Crippen LogP contribution in [-0.4, -0.2) is 31.8 Å². The van der Waals surface area contributed by atoms with Gasteiger partial charge in [-0.15, -0.1) is 0 Å². The summed E-state index contributed by atoms with van der Waals surface area (Å²) in [5, 5.41) is 0. The highest BCUT2D eigenvalue weighted by Gasteiger charge is 2.14. The molecule has 0 bridgehead atoms. The van der Waals surface area contributed by atoms with Crippen LogP contribution in [0, 0.1) is 0 Å². The Labute approximate surface area is 78.5 Å². The minimum atomic E-state index is -0.487. The number of carbonyl (C=O) groups is 1. The van der Waals surface area contributed by atoms with E-state index in [-0.39, 0.29) is 12.2 Å². The van der Waals surface area contributed by atoms with E-state index in [0.717, 1.165) is 6.42 Å². The number of nitrogens with one attached hydrogen (secondary N) is 1. The lowest BCUT2D eigenvalue weighted by atomic mass is 10.1. The highest BCUT2D eigenvalue weighted by Crippen LogP contribution is 2.10. The summed E-state index contributed by atoms with van der Waals surface area (Å²) in [6.07, 6.45) is 0.794. The van der Waals surface area contributed by atoms with E-state index in [9.17, 15) is 4.79 Å². The van der Waals surface area contributed by atoms with Gasteiger partial charge in [-0.1, -0.05) is 0 Å². The molecule has 78 valence electrons. The topological polar surface area (TPSA) is 73.6 Å². The van der Waals surface area contributed by atoms with Gasteiger partial charge in [-0.3, -0.25) is 9.63 Å². The number of amides is 1. The molecule has 5 heteroatoms. The minimum absolute atomic E-state index is 0.104. The first-order valence-corrected chi connectivity index (χ1v) is 4.16. The molecule has 0 spiro atoms. The van der Waals surface area contributed by atoms with Gasteiger partial charge in [0, 0.05) is 13.7 Å². The molecule has 0 saturated heterocycles. The number of hydroxylamine groups is 1. The van der Waals surface area contributed by atoms with Gasteiger partial charge in [0.2, 0.25) is 5.91 Å². The summed E-state index contributed by atoms with van der Waals surface area (Å²) in [5.74, 6) is -0.487. The third-order valence-electron chi connectivity index (χ3n) is 1.70. The summed E-state index contributed by atoms with van der Waals surface area (Å²) >= 11 is 0. The van der Waals surface area contributed by atoms with E-state index in [2.05, 4.69) is 5.48 Å². The molecule has 0 aromatic carbocycles. The Morgan fingerprint density at radius 3 is 2.62 bits per heavy atom. The molecule has 0 rings (SSSR count). The molecule has 0 saturated carbocycles. The van der Waals surface area contributed by atoms with Crippen molar-refractivity contribution < 1.29 is 14.4 Å². The highest BCUT2D eigenvalue weighted by atomic mass is 16.6. The second kappa shape index (κ2) is 5.90. The smallest absolute Gasteiger partial charge is 0.245 e. The minimum Gasteiger partial charge on any atom is -0.379 e. The Hall–Kier alpha value is -0.650. The van der Waals surface area contributed by atoms with E-state index in [1.165, 1.54) is 0 Å². The second-order valence-corrected chi connectivity index (χ2v) is 3.36. The summed E-state index contributed by atoms with van der Waals surface area (Å²) < 4.78 is 5.18. The van der Waals surface area contributed by atoms with Crippen molar-refractivity contribution in [1.29, 1.82) is 0 Å². The number of ether oxygens (including phenoxy) is 1. The lowest BCUT2D eigenvalue weighted by Gasteiger charge is -2.22. The van der Waals surface area contributed by atoms with E-state index in [1.54, 1.807) is 7.11 Å². The van der Waals surface area contributed by atoms with Crippen molar-refractivity contribution in [3.8, 4) is 0 Å². The summed E-state index contributed by atoms with van der Waals surface area (Å²) in [6.45, 7) is 4.47. The molecule has 0 aliphatic carbocycles. The Kier molecular flexibility index (Phi) is 5.61. The molecule has 0 unspecified atom stereocenters. The fourth-order valence-corrected chi connectivity index (χ4v) is 0.648. The molecule has 0 aliphatic rings. The Bertz CT molecular complexity index is 159. The molecule has 5 nitrogen and oxygen atoms in total. The van der Waals surface area contributed by atoms with Crippen molar-refractivity contribution in [2.24, 2.45) is 5.73 Å². The maximum atomic E-state index is 10.2. The van der Waals surface area contributed by atoms with Crippen LogP contribution < -0.4 is 11.2 Å². The van der Waals surface area contributed by atoms with Crippen LogP contribution in [0.3, 0.4) is 0 Å². The van der Waals surface area contributed by atoms with E-state index < -0.39 is 5.91 Å². The fourth-order valence-electron chi connectivity index (χ4n) is 0.648. The molecule has 13 heavy (non-hydrogen) atoms. The van der Waals surface area contributed by atoms with Crippen molar-refractivity contribution in [2.75, 3.05) is 20.3 Å². The fraction of sp³-hybridized carbons (Fsp3) is 0.875. The Balaban J connectivity index is 3.30. The average molecular weight is 190 g/mol. The van der Waals surface area contributed by atoms with Gasteiger partial charge < -0.3 is 10.5 Å². The zero-order chi connectivity index (χ0) is 10.3. The van der Waals surface area contributed by atoms with Gasteiger partial charge in [0.05, 0.1) is 5.60 Å². The number of methoxy groups -OCH3 is 1. The van der Waals surface area contributed by atoms with Crippen LogP contribution in [0.15, 0.2) is 0 Å². The van der Waals surface area contributed by atoms with Crippen molar-refractivity contribution >= 4 is 5.91 Å². The zero-order valence-corrected chi connectivity index (χ0v) is 8.42. The molecule has 0 fully saturated rings. The molecule has 0 atom stereocenters. The maximum absolute atomic E-state index is 10.2. The summed E-state index contributed by atoms with van der Waals surface area (Å²) in [7, 11) is 1.66. The van der Waals surface area contributed by atoms with E-state index >= 15 is 0 Å². The summed E-state index contributed by atoms with van der Waals surface area (Å²) in [6, 6.07) is 0. The number of carbonyl (C=O) groups excluding carboxylic acids is 1. The van der Waals surface area contributed by atoms with Gasteiger partial charge in [0.15, 0.2) is 0 Å². The van der Waals surface area contributed by atoms with Crippen molar-refractivity contribution in [2.45, 2.75) is 25.9 Å². The number of hydrogen-bond acceptors (Lipinski definition) is 4. The first-order chi connectivity index (χ1) is 5.98. The highest BCUT2D eigenvalue weighted by molar-refractivity contribution is 5.74. The van der Waals surface area contributed by atoms with Crippen molar-refractivity contribution in [3.05, 3.63) is 0 Å². The first-order valence-electron chi connectivity index (χ1n) is 4.16. The van der Waals surface area contributed by atoms with Crippen LogP contribution in [0.1, 0.15) is 20.3 Å². The van der Waals surface area contributed by atoms with Crippen LogP contribution in [0.4, 0.5) is 0 Å². The third kappa shape index (κ3) is 7.70. The molecule has 0 aliphatic heterocycles. The molecular formula is C8H18N2O3. The van der Waals surface area contributed by atoms with Crippen LogP contribution in [0.2, 0.25) is 0 Å². The number of nitrogens with two attached hydrogens (primary N) is 1. The largest absolute Gasteiger partial charge is 0.379 e. The quantitative estimate of drug-likeness (QED) is 0.431. The van der Waals surface area contributed by atoms with Crippen molar-refractivity contribution in [3.63, 3.8) is 0 Å². The lowest BCUT2D eigenvalue weighted by Crippen LogP contribution is -2.31. The Morgan fingerprint density at radius 2 is 2.15 bits per heavy atom. The van der Waals surface area contributed by atoms with Crippen LogP contribution in [0.5, 0.6) is 0 Å². The predicted octanol–water partition coefficient (Wildman–Crippen LogP) is -0.192. The van der Waals surface area contributed by atoms with Gasteiger partial charge >= 0.3 is 0 Å². The molecule has 0 heterocycles. The molecule has 0 aromatic heterocycles. The zero-order valence-electron chi connectivity index (χ0n) is 8.42. The van der Waals surface area contributed by atoms with Gasteiger partial charge in [-0.2, -0.15) is 0 Å². The molecule has 0 aromatic rings. The predicted molar refractivity (Wildman–Crippen MR) is 48.9 cm³/mol. The van der Waals surface area contributed by atoms with E-state index in [0.29, 0.717) is 6.54 Å². The molecule has 3 N–H and O–H groups in total. The lowest BCUT2D eigenvalue weighted by molar-refractivity contribution is -0.125. The normalized spacial score (nSPS) is 11.6. The second-order valence-electron chi connectivity index (χ2n) is 3.36. The van der Waals surface area contributed by atoms with Gasteiger partial charge in [0.25, 0.3) is 0 Å². The number of primary amides is 1. The average Bonchev–Trinajstić information content (AvgIpc) is 2.03.